The molecule has 0 spiro atoms. The van der Waals surface area contributed by atoms with Crippen LogP contribution in [0.2, 0.25) is 51.4 Å². The van der Waals surface area contributed by atoms with Crippen molar-refractivity contribution in [1.29, 1.82) is 0 Å². The third kappa shape index (κ3) is 10.8. The molecule has 20 nitrogen and oxygen atoms in total. The predicted octanol–water partition coefficient (Wildman–Crippen LogP) is 3.52. The lowest BCUT2D eigenvalue weighted by molar-refractivity contribution is -0.385. The number of nitrogens with zero attached hydrogens (tertiary/aromatic N) is 6. The number of hydrogen-bond donors (Lipinski definition) is 2. The Balaban J connectivity index is 1.27. The summed E-state index contributed by atoms with van der Waals surface area (Å²) in [5.41, 5.74) is 5.54. The topological polar surface area (TPSA) is 260 Å². The van der Waals surface area contributed by atoms with E-state index in [-0.39, 0.29) is 47.9 Å². The van der Waals surface area contributed by atoms with Crippen LogP contribution in [0.15, 0.2) is 30.9 Å². The molecule has 23 heteroatoms. The minimum Gasteiger partial charge on any atom is -0.465 e. The number of amides is 1. The molecule has 0 bridgehead atoms. The van der Waals surface area contributed by atoms with E-state index in [0.717, 1.165) is 11.0 Å². The lowest BCUT2D eigenvalue weighted by Crippen LogP contribution is -2.41. The maximum absolute atomic E-state index is 13.7. The van der Waals surface area contributed by atoms with Crippen LogP contribution in [-0.2, 0) is 48.5 Å². The molecule has 0 aliphatic carbocycles. The monoisotopic (exact) mass is 823 g/mol. The maximum Gasteiger partial charge on any atom is 0.475 e. The van der Waals surface area contributed by atoms with E-state index in [1.165, 1.54) is 29.4 Å². The first-order valence-corrected chi connectivity index (χ1v) is 26.3. The highest BCUT2D eigenvalue weighted by molar-refractivity contribution is 7.48. The van der Waals surface area contributed by atoms with Gasteiger partial charge in [0.25, 0.3) is 11.6 Å². The number of anilines is 1. The van der Waals surface area contributed by atoms with E-state index in [2.05, 4.69) is 54.2 Å². The van der Waals surface area contributed by atoms with E-state index >= 15 is 0 Å². The fraction of sp³-hybridized carbons (Fsp3) is 0.562. The van der Waals surface area contributed by atoms with Crippen molar-refractivity contribution in [2.45, 2.75) is 82.5 Å². The summed E-state index contributed by atoms with van der Waals surface area (Å²) in [7, 11) is -7.49. The third-order valence-corrected chi connectivity index (χ3v) is 13.5. The molecule has 3 N–H and O–H groups in total. The minimum atomic E-state index is -4.42. The van der Waals surface area contributed by atoms with Crippen molar-refractivity contribution >= 4 is 64.5 Å². The number of nitro groups is 1. The Morgan fingerprint density at radius 1 is 1.05 bits per heavy atom. The second-order valence-electron chi connectivity index (χ2n) is 15.5. The van der Waals surface area contributed by atoms with Crippen LogP contribution in [-0.4, -0.2) is 120 Å². The molecule has 1 amide bonds. The molecule has 0 unspecified atom stereocenters. The van der Waals surface area contributed by atoms with Gasteiger partial charge in [0.15, 0.2) is 17.7 Å². The number of nitrogens with two attached hydrogens (primary N) is 1. The summed E-state index contributed by atoms with van der Waals surface area (Å²) in [5.74, 6) is -2.24. The van der Waals surface area contributed by atoms with Crippen molar-refractivity contribution in [3.05, 3.63) is 52.1 Å². The molecule has 55 heavy (non-hydrogen) atoms. The number of nitrogen functional groups attached to an aromatic ring is 1. The molecular formula is C32H46N7O13PSi2. The lowest BCUT2D eigenvalue weighted by Gasteiger charge is -2.30. The average Bonchev–Trinajstić information content (AvgIpc) is 3.66. The first-order chi connectivity index (χ1) is 25.7. The van der Waals surface area contributed by atoms with E-state index in [0.29, 0.717) is 12.1 Å². The number of carbonyl (C=O) groups excluding carboxylic acids is 3. The van der Waals surface area contributed by atoms with Gasteiger partial charge in [-0.2, -0.15) is 0 Å². The van der Waals surface area contributed by atoms with Crippen LogP contribution in [0.3, 0.4) is 0 Å². The second kappa shape index (κ2) is 16.9. The molecule has 5 atom stereocenters. The molecule has 2 aromatic heterocycles. The standard InChI is InChI=1S/C32H46N7O13PSi2/c1-54(2,3)11-9-47-24(40)14-37(15-25(41)48-10-12-55(4,5)6)31(43)20-7-8-21(22(13-20)39(44)45)16-49-53(46)50-17-23-28(52-53)27(42)32(51-23)38-19-36-26-29(33)34-18-35-30(26)38/h7-8,13,18-19,23,27-28,32,42H,9-12,14-17H2,1-6H3,(H2,33,34,35)/t23-,27-,28-,32-,53+/m1/s1. The number of aliphatic hydroxyl groups is 1. The number of fused-ring (bicyclic) bond motifs is 2. The van der Waals surface area contributed by atoms with Crippen LogP contribution in [0, 0.1) is 10.1 Å². The smallest absolute Gasteiger partial charge is 0.465 e. The molecule has 2 saturated heterocycles. The van der Waals surface area contributed by atoms with Crippen LogP contribution < -0.4 is 5.73 Å². The van der Waals surface area contributed by atoms with Gasteiger partial charge in [-0.3, -0.25) is 42.6 Å². The summed E-state index contributed by atoms with van der Waals surface area (Å²) < 4.78 is 48.0. The van der Waals surface area contributed by atoms with Crippen LogP contribution in [0.4, 0.5) is 11.5 Å². The van der Waals surface area contributed by atoms with Gasteiger partial charge >= 0.3 is 19.8 Å². The number of phosphoric acid groups is 1. The normalized spacial score (nSPS) is 22.6. The summed E-state index contributed by atoms with van der Waals surface area (Å²) >= 11 is 0. The van der Waals surface area contributed by atoms with Crippen molar-refractivity contribution in [3.8, 4) is 0 Å². The predicted molar refractivity (Wildman–Crippen MR) is 200 cm³/mol. The number of rotatable bonds is 16. The highest BCUT2D eigenvalue weighted by Crippen LogP contribution is 2.57. The number of carbonyl (C=O) groups is 3. The average molecular weight is 824 g/mol. The van der Waals surface area contributed by atoms with Gasteiger partial charge in [-0.25, -0.2) is 19.5 Å². The van der Waals surface area contributed by atoms with E-state index in [9.17, 15) is 34.2 Å². The van der Waals surface area contributed by atoms with Gasteiger partial charge in [-0.15, -0.1) is 0 Å². The zero-order valence-electron chi connectivity index (χ0n) is 31.4. The molecular weight excluding hydrogens is 778 g/mol. The van der Waals surface area contributed by atoms with Gasteiger partial charge in [0.1, 0.15) is 43.2 Å². The fourth-order valence-corrected chi connectivity index (χ4v) is 8.36. The van der Waals surface area contributed by atoms with Crippen molar-refractivity contribution in [2.24, 2.45) is 0 Å². The number of nitro benzene ring substituents is 1. The Kier molecular flexibility index (Phi) is 12.9. The van der Waals surface area contributed by atoms with Crippen molar-refractivity contribution in [1.82, 2.24) is 24.4 Å². The van der Waals surface area contributed by atoms with Gasteiger partial charge < -0.3 is 30.0 Å². The van der Waals surface area contributed by atoms with E-state index < -0.39 is 96.7 Å². The molecule has 2 aliphatic rings. The van der Waals surface area contributed by atoms with Gasteiger partial charge in [0.2, 0.25) is 0 Å². The number of esters is 2. The van der Waals surface area contributed by atoms with Gasteiger partial charge in [0, 0.05) is 27.8 Å². The van der Waals surface area contributed by atoms with Crippen molar-refractivity contribution < 1.29 is 56.8 Å². The molecule has 4 heterocycles. The number of aromatic nitrogens is 4. The second-order valence-corrected chi connectivity index (χ2v) is 28.4. The number of hydrogen-bond acceptors (Lipinski definition) is 17. The Morgan fingerprint density at radius 2 is 1.69 bits per heavy atom. The van der Waals surface area contributed by atoms with Crippen LogP contribution in [0.25, 0.3) is 11.2 Å². The first kappa shape index (κ1) is 42.0. The largest absolute Gasteiger partial charge is 0.475 e. The molecule has 0 radical (unpaired) electrons. The third-order valence-electron chi connectivity index (χ3n) is 8.68. The molecule has 300 valence electrons. The Bertz CT molecular complexity index is 1940. The van der Waals surface area contributed by atoms with Crippen LogP contribution in [0.1, 0.15) is 22.1 Å². The Labute approximate surface area is 318 Å². The number of benzene rings is 1. The number of imidazole rings is 1. The highest BCUT2D eigenvalue weighted by Gasteiger charge is 2.53. The molecule has 1 aromatic carbocycles. The lowest BCUT2D eigenvalue weighted by atomic mass is 10.1. The van der Waals surface area contributed by atoms with Gasteiger partial charge in [0.05, 0.1) is 43.2 Å². The summed E-state index contributed by atoms with van der Waals surface area (Å²) in [6.07, 6.45) is -1.95. The molecule has 2 fully saturated rings. The van der Waals surface area contributed by atoms with E-state index in [4.69, 9.17) is 33.5 Å². The Morgan fingerprint density at radius 3 is 2.29 bits per heavy atom. The quantitative estimate of drug-likeness (QED) is 0.0688. The summed E-state index contributed by atoms with van der Waals surface area (Å²) in [5, 5.41) is 23.3. The van der Waals surface area contributed by atoms with Gasteiger partial charge in [-0.1, -0.05) is 39.3 Å². The highest BCUT2D eigenvalue weighted by atomic mass is 31.2. The first-order valence-electron chi connectivity index (χ1n) is 17.5. The molecule has 3 aromatic rings. The zero-order valence-corrected chi connectivity index (χ0v) is 34.3. The SMILES string of the molecule is C[Si](C)(C)CCOC(=O)CN(CC(=O)OCC[Si](C)(C)C)C(=O)c1ccc(CO[P@@]2(=O)OC[C@H]3O[C@@H](n4cnc5c(N)ncnc54)[C@H](O)[C@@H]3O2)c([N+](=O)[O-])c1. The Hall–Kier alpha value is -4.16. The molecule has 0 saturated carbocycles. The zero-order chi connectivity index (χ0) is 40.3. The van der Waals surface area contributed by atoms with Crippen LogP contribution >= 0.6 is 7.82 Å². The summed E-state index contributed by atoms with van der Waals surface area (Å²) in [6, 6.07) is 4.79. The number of ether oxygens (including phenoxy) is 3. The van der Waals surface area contributed by atoms with Crippen molar-refractivity contribution in [3.63, 3.8) is 0 Å². The molecule has 5 rings (SSSR count). The fourth-order valence-electron chi connectivity index (χ4n) is 5.55. The van der Waals surface area contributed by atoms with E-state index in [1.807, 2.05) is 0 Å². The maximum atomic E-state index is 13.7. The van der Waals surface area contributed by atoms with Crippen LogP contribution in [0.5, 0.6) is 0 Å². The van der Waals surface area contributed by atoms with Gasteiger partial charge in [-0.05, 0) is 24.2 Å². The van der Waals surface area contributed by atoms with Crippen molar-refractivity contribution in [2.75, 3.05) is 38.6 Å². The number of phosphoric ester groups is 1. The van der Waals surface area contributed by atoms with E-state index in [1.54, 1.807) is 0 Å². The summed E-state index contributed by atoms with van der Waals surface area (Å²) in [4.78, 5) is 63.8. The number of aliphatic hydroxyl groups excluding tert-OH is 1. The molecule has 2 aliphatic heterocycles. The summed E-state index contributed by atoms with van der Waals surface area (Å²) in [6.45, 7) is 10.8. The minimum absolute atomic E-state index is 0.0996.